The molecule has 0 aliphatic carbocycles. The first-order chi connectivity index (χ1) is 6.72. The van der Waals surface area contributed by atoms with Gasteiger partial charge < -0.3 is 9.84 Å². The van der Waals surface area contributed by atoms with Crippen molar-refractivity contribution >= 4 is 16.0 Å². The maximum atomic E-state index is 11.3. The van der Waals surface area contributed by atoms with Crippen molar-refractivity contribution in [2.24, 2.45) is 5.41 Å². The fourth-order valence-corrected chi connectivity index (χ4v) is 1.77. The predicted molar refractivity (Wildman–Crippen MR) is 54.7 cm³/mol. The van der Waals surface area contributed by atoms with Crippen molar-refractivity contribution in [2.45, 2.75) is 13.8 Å². The molecular weight excluding hydrogens is 222 g/mol. The largest absolute Gasteiger partial charge is 0.468 e. The molecule has 0 aromatic heterocycles. The number of esters is 1. The van der Waals surface area contributed by atoms with Crippen molar-refractivity contribution in [3.63, 3.8) is 0 Å². The molecule has 0 saturated carbocycles. The average Bonchev–Trinajstić information content (AvgIpc) is 2.14. The van der Waals surface area contributed by atoms with Crippen LogP contribution in [0.15, 0.2) is 0 Å². The van der Waals surface area contributed by atoms with E-state index in [1.165, 1.54) is 0 Å². The van der Waals surface area contributed by atoms with Crippen LogP contribution in [0, 0.1) is 5.41 Å². The fourth-order valence-electron chi connectivity index (χ4n) is 0.626. The molecule has 0 aromatic carbocycles. The van der Waals surface area contributed by atoms with Crippen LogP contribution in [0.5, 0.6) is 0 Å². The Balaban J connectivity index is 4.23. The summed E-state index contributed by atoms with van der Waals surface area (Å²) in [4.78, 5) is 10.7. The van der Waals surface area contributed by atoms with E-state index in [1.54, 1.807) is 13.8 Å². The SMILES string of the molecule is COC(=O)CS(=O)(=O)NCC(C)(C)CO. The van der Waals surface area contributed by atoms with Crippen LogP contribution in [0.2, 0.25) is 0 Å². The molecule has 0 aliphatic heterocycles. The Hall–Kier alpha value is -0.660. The summed E-state index contributed by atoms with van der Waals surface area (Å²) in [5, 5.41) is 8.89. The van der Waals surface area contributed by atoms with Gasteiger partial charge in [0.2, 0.25) is 10.0 Å². The first-order valence-electron chi connectivity index (χ1n) is 4.37. The number of carbonyl (C=O) groups excluding carboxylic acids is 1. The van der Waals surface area contributed by atoms with Crippen molar-refractivity contribution < 1.29 is 23.1 Å². The van der Waals surface area contributed by atoms with Crippen molar-refractivity contribution in [3.05, 3.63) is 0 Å². The summed E-state index contributed by atoms with van der Waals surface area (Å²) < 4.78 is 29.0. The lowest BCUT2D eigenvalue weighted by Gasteiger charge is -2.21. The van der Waals surface area contributed by atoms with Gasteiger partial charge in [0.15, 0.2) is 5.75 Å². The quantitative estimate of drug-likeness (QED) is 0.586. The minimum absolute atomic E-state index is 0.0722. The number of aliphatic hydroxyl groups is 1. The molecule has 15 heavy (non-hydrogen) atoms. The summed E-state index contributed by atoms with van der Waals surface area (Å²) in [6.45, 7) is 3.33. The first kappa shape index (κ1) is 14.3. The number of nitrogens with one attached hydrogen (secondary N) is 1. The monoisotopic (exact) mass is 239 g/mol. The molecule has 0 aliphatic rings. The number of methoxy groups -OCH3 is 1. The van der Waals surface area contributed by atoms with Gasteiger partial charge >= 0.3 is 5.97 Å². The minimum atomic E-state index is -3.67. The summed E-state index contributed by atoms with van der Waals surface area (Å²) in [6.07, 6.45) is 0. The molecule has 90 valence electrons. The molecule has 0 bridgehead atoms. The molecular formula is C8H17NO5S. The summed E-state index contributed by atoms with van der Waals surface area (Å²) in [5.74, 6) is -1.52. The van der Waals surface area contributed by atoms with E-state index >= 15 is 0 Å². The van der Waals surface area contributed by atoms with Gasteiger partial charge in [-0.2, -0.15) is 0 Å². The number of sulfonamides is 1. The van der Waals surface area contributed by atoms with E-state index in [-0.39, 0.29) is 13.2 Å². The lowest BCUT2D eigenvalue weighted by molar-refractivity contribution is -0.137. The van der Waals surface area contributed by atoms with Crippen LogP contribution in [-0.4, -0.2) is 45.5 Å². The highest BCUT2D eigenvalue weighted by Crippen LogP contribution is 2.11. The third-order valence-corrected chi connectivity index (χ3v) is 2.93. The van der Waals surface area contributed by atoms with Gasteiger partial charge in [0, 0.05) is 18.6 Å². The summed E-state index contributed by atoms with van der Waals surface area (Å²) in [6, 6.07) is 0. The van der Waals surface area contributed by atoms with Gasteiger partial charge in [0.1, 0.15) is 0 Å². The molecule has 6 nitrogen and oxygen atoms in total. The highest BCUT2D eigenvalue weighted by Gasteiger charge is 2.22. The van der Waals surface area contributed by atoms with Gasteiger partial charge in [-0.05, 0) is 0 Å². The van der Waals surface area contributed by atoms with Crippen molar-refractivity contribution in [1.29, 1.82) is 0 Å². The van der Waals surface area contributed by atoms with E-state index in [2.05, 4.69) is 9.46 Å². The van der Waals surface area contributed by atoms with E-state index in [1.807, 2.05) is 0 Å². The van der Waals surface area contributed by atoms with Gasteiger partial charge in [0.25, 0.3) is 0 Å². The van der Waals surface area contributed by atoms with Crippen LogP contribution in [0.25, 0.3) is 0 Å². The third-order valence-electron chi connectivity index (χ3n) is 1.73. The van der Waals surface area contributed by atoms with E-state index in [0.29, 0.717) is 0 Å². The van der Waals surface area contributed by atoms with E-state index < -0.39 is 27.2 Å². The van der Waals surface area contributed by atoms with E-state index in [9.17, 15) is 13.2 Å². The number of ether oxygens (including phenoxy) is 1. The Morgan fingerprint density at radius 2 is 2.00 bits per heavy atom. The summed E-state index contributed by atoms with van der Waals surface area (Å²) in [5.41, 5.74) is -0.552. The molecule has 0 heterocycles. The zero-order valence-electron chi connectivity index (χ0n) is 9.11. The predicted octanol–water partition coefficient (Wildman–Crippen LogP) is -0.903. The van der Waals surface area contributed by atoms with Gasteiger partial charge in [-0.1, -0.05) is 13.8 Å². The number of hydrogen-bond donors (Lipinski definition) is 2. The molecule has 0 saturated heterocycles. The van der Waals surface area contributed by atoms with Gasteiger partial charge in [0.05, 0.1) is 7.11 Å². The molecule has 0 radical (unpaired) electrons. The molecule has 2 N–H and O–H groups in total. The van der Waals surface area contributed by atoms with Crippen molar-refractivity contribution in [1.82, 2.24) is 4.72 Å². The van der Waals surface area contributed by atoms with Crippen molar-refractivity contribution in [3.8, 4) is 0 Å². The van der Waals surface area contributed by atoms with Crippen LogP contribution in [0.4, 0.5) is 0 Å². The molecule has 0 aromatic rings. The van der Waals surface area contributed by atoms with Crippen LogP contribution >= 0.6 is 0 Å². The maximum absolute atomic E-state index is 11.3. The first-order valence-corrected chi connectivity index (χ1v) is 6.03. The van der Waals surface area contributed by atoms with Crippen LogP contribution < -0.4 is 4.72 Å². The Bertz CT molecular complexity index is 309. The molecule has 0 spiro atoms. The Labute approximate surface area is 89.7 Å². The van der Waals surface area contributed by atoms with Gasteiger partial charge in [-0.3, -0.25) is 4.79 Å². The molecule has 0 unspecified atom stereocenters. The Kier molecular flexibility index (Phi) is 5.19. The van der Waals surface area contributed by atoms with E-state index in [4.69, 9.17) is 5.11 Å². The molecule has 7 heteroatoms. The third kappa shape index (κ3) is 6.43. The normalized spacial score (nSPS) is 12.5. The van der Waals surface area contributed by atoms with Gasteiger partial charge in [-0.25, -0.2) is 13.1 Å². The molecule has 0 fully saturated rings. The number of rotatable bonds is 6. The lowest BCUT2D eigenvalue weighted by Crippen LogP contribution is -2.38. The maximum Gasteiger partial charge on any atom is 0.322 e. The molecule has 0 atom stereocenters. The van der Waals surface area contributed by atoms with Gasteiger partial charge in [-0.15, -0.1) is 0 Å². The zero-order chi connectivity index (χ0) is 12.1. The van der Waals surface area contributed by atoms with Crippen LogP contribution in [-0.2, 0) is 19.6 Å². The number of carbonyl (C=O) groups is 1. The zero-order valence-corrected chi connectivity index (χ0v) is 9.93. The standard InChI is InChI=1S/C8H17NO5S/c1-8(2,6-10)5-9-15(12,13)4-7(11)14-3/h9-10H,4-6H2,1-3H3. The fraction of sp³-hybridized carbons (Fsp3) is 0.875. The summed E-state index contributed by atoms with van der Waals surface area (Å²) >= 11 is 0. The smallest absolute Gasteiger partial charge is 0.322 e. The second kappa shape index (κ2) is 5.43. The Morgan fingerprint density at radius 3 is 2.40 bits per heavy atom. The van der Waals surface area contributed by atoms with E-state index in [0.717, 1.165) is 7.11 Å². The average molecular weight is 239 g/mol. The molecule has 0 rings (SSSR count). The topological polar surface area (TPSA) is 92.7 Å². The molecule has 0 amide bonds. The van der Waals surface area contributed by atoms with Crippen molar-refractivity contribution in [2.75, 3.05) is 26.0 Å². The van der Waals surface area contributed by atoms with Crippen LogP contribution in [0.1, 0.15) is 13.8 Å². The Morgan fingerprint density at radius 1 is 1.47 bits per heavy atom. The lowest BCUT2D eigenvalue weighted by atomic mass is 9.96. The number of hydrogen-bond acceptors (Lipinski definition) is 5. The summed E-state index contributed by atoms with van der Waals surface area (Å²) in [7, 11) is -2.55. The highest BCUT2D eigenvalue weighted by atomic mass is 32.2. The highest BCUT2D eigenvalue weighted by molar-refractivity contribution is 7.90. The second-order valence-electron chi connectivity index (χ2n) is 3.98. The number of aliphatic hydroxyl groups excluding tert-OH is 1. The van der Waals surface area contributed by atoms with Crippen LogP contribution in [0.3, 0.4) is 0 Å². The second-order valence-corrected chi connectivity index (χ2v) is 5.79. The minimum Gasteiger partial charge on any atom is -0.468 e.